The van der Waals surface area contributed by atoms with E-state index in [4.69, 9.17) is 16.3 Å². The Balaban J connectivity index is 1.68. The highest BCUT2D eigenvalue weighted by Crippen LogP contribution is 2.34. The molecule has 1 saturated heterocycles. The van der Waals surface area contributed by atoms with Crippen molar-refractivity contribution in [3.8, 4) is 5.75 Å². The predicted molar refractivity (Wildman–Crippen MR) is 102 cm³/mol. The Hall–Kier alpha value is -2.31. The summed E-state index contributed by atoms with van der Waals surface area (Å²) < 4.78 is 18.8. The molecule has 3 rings (SSSR count). The van der Waals surface area contributed by atoms with Crippen LogP contribution in [-0.2, 0) is 4.79 Å². The van der Waals surface area contributed by atoms with Gasteiger partial charge >= 0.3 is 0 Å². The molecule has 7 heteroatoms. The number of nitrogens with zero attached hydrogens (tertiary/aromatic N) is 2. The van der Waals surface area contributed by atoms with Gasteiger partial charge in [0.05, 0.1) is 16.4 Å². The second-order valence-corrected chi connectivity index (χ2v) is 6.60. The number of benzene rings is 2. The van der Waals surface area contributed by atoms with E-state index in [9.17, 15) is 9.18 Å². The highest BCUT2D eigenvalue weighted by atomic mass is 35.5. The molecule has 5 nitrogen and oxygen atoms in total. The summed E-state index contributed by atoms with van der Waals surface area (Å²) in [5, 5.41) is 3.41. The first-order chi connectivity index (χ1) is 12.5. The Morgan fingerprint density at radius 1 is 1.15 bits per heavy atom. The summed E-state index contributed by atoms with van der Waals surface area (Å²) in [6.07, 6.45) is 0. The number of hydrogen-bond acceptors (Lipinski definition) is 4. The molecule has 0 saturated carbocycles. The van der Waals surface area contributed by atoms with Crippen LogP contribution < -0.4 is 15.0 Å². The van der Waals surface area contributed by atoms with Crippen molar-refractivity contribution < 1.29 is 13.9 Å². The third-order valence-electron chi connectivity index (χ3n) is 4.28. The molecule has 1 aliphatic heterocycles. The first kappa shape index (κ1) is 18.5. The molecular weight excluding hydrogens is 357 g/mol. The average Bonchev–Trinajstić information content (AvgIpc) is 2.62. The standard InChI is InChI=1S/C19H21ClFN3O2/c1-23-9-11-24(12-10-23)19-14(20)5-4-7-16(19)22-18(25)13-26-17-8-3-2-6-15(17)21/h2-8H,9-13H2,1H3,(H,22,25). The van der Waals surface area contributed by atoms with E-state index in [1.54, 1.807) is 30.3 Å². The van der Waals surface area contributed by atoms with E-state index in [1.165, 1.54) is 12.1 Å². The van der Waals surface area contributed by atoms with Gasteiger partial charge in [-0.25, -0.2) is 4.39 Å². The van der Waals surface area contributed by atoms with Gasteiger partial charge in [0.1, 0.15) is 0 Å². The maximum absolute atomic E-state index is 13.6. The molecule has 2 aromatic carbocycles. The summed E-state index contributed by atoms with van der Waals surface area (Å²) in [5.74, 6) is -0.819. The van der Waals surface area contributed by atoms with Crippen LogP contribution in [0.1, 0.15) is 0 Å². The van der Waals surface area contributed by atoms with E-state index in [2.05, 4.69) is 22.2 Å². The number of carbonyl (C=O) groups is 1. The zero-order valence-electron chi connectivity index (χ0n) is 14.5. The zero-order chi connectivity index (χ0) is 18.5. The summed E-state index contributed by atoms with van der Waals surface area (Å²) >= 11 is 6.39. The number of nitrogens with one attached hydrogen (secondary N) is 1. The summed E-state index contributed by atoms with van der Waals surface area (Å²) in [6, 6.07) is 11.4. The van der Waals surface area contributed by atoms with Gasteiger partial charge in [-0.2, -0.15) is 0 Å². The highest BCUT2D eigenvalue weighted by Gasteiger charge is 2.20. The van der Waals surface area contributed by atoms with Crippen molar-refractivity contribution in [1.82, 2.24) is 4.90 Å². The number of anilines is 2. The van der Waals surface area contributed by atoms with Gasteiger partial charge in [0, 0.05) is 26.2 Å². The minimum absolute atomic E-state index is 0.0491. The van der Waals surface area contributed by atoms with Crippen LogP contribution in [0.4, 0.5) is 15.8 Å². The molecular formula is C19H21ClFN3O2. The second-order valence-electron chi connectivity index (χ2n) is 6.19. The van der Waals surface area contributed by atoms with E-state index in [0.717, 1.165) is 31.9 Å². The van der Waals surface area contributed by atoms with Crippen molar-refractivity contribution in [1.29, 1.82) is 0 Å². The lowest BCUT2D eigenvalue weighted by molar-refractivity contribution is -0.118. The fourth-order valence-corrected chi connectivity index (χ4v) is 3.15. The summed E-state index contributed by atoms with van der Waals surface area (Å²) in [5.41, 5.74) is 1.44. The van der Waals surface area contributed by atoms with Crippen molar-refractivity contribution >= 4 is 28.9 Å². The van der Waals surface area contributed by atoms with Gasteiger partial charge in [0.15, 0.2) is 18.2 Å². The monoisotopic (exact) mass is 377 g/mol. The molecule has 1 fully saturated rings. The lowest BCUT2D eigenvalue weighted by atomic mass is 10.2. The number of ether oxygens (including phenoxy) is 1. The highest BCUT2D eigenvalue weighted by molar-refractivity contribution is 6.34. The predicted octanol–water partition coefficient (Wildman–Crippen LogP) is 3.25. The van der Waals surface area contributed by atoms with Crippen molar-refractivity contribution in [2.45, 2.75) is 0 Å². The third-order valence-corrected chi connectivity index (χ3v) is 4.58. The van der Waals surface area contributed by atoms with Gasteiger partial charge < -0.3 is 19.9 Å². The number of amides is 1. The van der Waals surface area contributed by atoms with Gasteiger partial charge in [-0.05, 0) is 31.3 Å². The van der Waals surface area contributed by atoms with Gasteiger partial charge in [0.2, 0.25) is 0 Å². The van der Waals surface area contributed by atoms with Crippen LogP contribution in [0.3, 0.4) is 0 Å². The summed E-state index contributed by atoms with van der Waals surface area (Å²) in [7, 11) is 2.08. The van der Waals surface area contributed by atoms with E-state index >= 15 is 0 Å². The van der Waals surface area contributed by atoms with Crippen LogP contribution >= 0.6 is 11.6 Å². The van der Waals surface area contributed by atoms with Gasteiger partial charge in [-0.15, -0.1) is 0 Å². The minimum Gasteiger partial charge on any atom is -0.481 e. The lowest BCUT2D eigenvalue weighted by Crippen LogP contribution is -2.45. The van der Waals surface area contributed by atoms with Crippen LogP contribution in [0.2, 0.25) is 5.02 Å². The number of likely N-dealkylation sites (N-methyl/N-ethyl adjacent to an activating group) is 1. The molecule has 0 atom stereocenters. The van der Waals surface area contributed by atoms with Gasteiger partial charge in [0.25, 0.3) is 5.91 Å². The average molecular weight is 378 g/mol. The largest absolute Gasteiger partial charge is 0.481 e. The number of hydrogen-bond donors (Lipinski definition) is 1. The lowest BCUT2D eigenvalue weighted by Gasteiger charge is -2.35. The minimum atomic E-state index is -0.499. The number of carbonyl (C=O) groups excluding carboxylic acids is 1. The van der Waals surface area contributed by atoms with Gasteiger partial charge in [-0.1, -0.05) is 29.8 Å². The van der Waals surface area contributed by atoms with Crippen molar-refractivity contribution in [3.05, 3.63) is 53.3 Å². The van der Waals surface area contributed by atoms with E-state index in [0.29, 0.717) is 10.7 Å². The fraction of sp³-hybridized carbons (Fsp3) is 0.316. The molecule has 0 aromatic heterocycles. The molecule has 1 N–H and O–H groups in total. The molecule has 0 bridgehead atoms. The normalized spacial score (nSPS) is 15.0. The van der Waals surface area contributed by atoms with E-state index in [-0.39, 0.29) is 18.3 Å². The third kappa shape index (κ3) is 4.45. The van der Waals surface area contributed by atoms with Crippen LogP contribution in [0.15, 0.2) is 42.5 Å². The van der Waals surface area contributed by atoms with E-state index < -0.39 is 5.82 Å². The molecule has 0 unspecified atom stereocenters. The first-order valence-electron chi connectivity index (χ1n) is 8.44. The Bertz CT molecular complexity index is 779. The SMILES string of the molecule is CN1CCN(c2c(Cl)cccc2NC(=O)COc2ccccc2F)CC1. The van der Waals surface area contributed by atoms with E-state index in [1.807, 2.05) is 0 Å². The summed E-state index contributed by atoms with van der Waals surface area (Å²) in [6.45, 7) is 3.23. The fourth-order valence-electron chi connectivity index (χ4n) is 2.86. The van der Waals surface area contributed by atoms with Gasteiger partial charge in [-0.3, -0.25) is 4.79 Å². The number of halogens is 2. The topological polar surface area (TPSA) is 44.8 Å². The Morgan fingerprint density at radius 2 is 1.88 bits per heavy atom. The Labute approximate surface area is 157 Å². The molecule has 1 aliphatic rings. The van der Waals surface area contributed by atoms with Crippen LogP contribution in [0.25, 0.3) is 0 Å². The zero-order valence-corrected chi connectivity index (χ0v) is 15.3. The molecule has 1 heterocycles. The summed E-state index contributed by atoms with van der Waals surface area (Å²) in [4.78, 5) is 16.7. The van der Waals surface area contributed by atoms with Crippen LogP contribution in [0, 0.1) is 5.82 Å². The smallest absolute Gasteiger partial charge is 0.262 e. The Kier molecular flexibility index (Phi) is 5.96. The maximum atomic E-state index is 13.6. The first-order valence-corrected chi connectivity index (χ1v) is 8.81. The van der Waals surface area contributed by atoms with Crippen molar-refractivity contribution in [2.24, 2.45) is 0 Å². The van der Waals surface area contributed by atoms with Crippen LogP contribution in [0.5, 0.6) is 5.75 Å². The quantitative estimate of drug-likeness (QED) is 0.868. The molecule has 138 valence electrons. The number of rotatable bonds is 5. The van der Waals surface area contributed by atoms with Crippen molar-refractivity contribution in [2.75, 3.05) is 50.1 Å². The number of piperazine rings is 1. The van der Waals surface area contributed by atoms with Crippen LogP contribution in [-0.4, -0.2) is 50.6 Å². The second kappa shape index (κ2) is 8.38. The Morgan fingerprint density at radius 3 is 2.62 bits per heavy atom. The number of para-hydroxylation sites is 2. The van der Waals surface area contributed by atoms with Crippen molar-refractivity contribution in [3.63, 3.8) is 0 Å². The molecule has 0 radical (unpaired) electrons. The molecule has 0 spiro atoms. The molecule has 2 aromatic rings. The maximum Gasteiger partial charge on any atom is 0.262 e. The molecule has 0 aliphatic carbocycles. The molecule has 1 amide bonds. The molecule has 26 heavy (non-hydrogen) atoms.